The Morgan fingerprint density at radius 1 is 0.700 bits per heavy atom. The molecule has 1 nitrogen and oxygen atoms in total. The van der Waals surface area contributed by atoms with Crippen LogP contribution >= 0.6 is 0 Å². The first-order valence-electron chi connectivity index (χ1n) is 8.74. The van der Waals surface area contributed by atoms with E-state index in [-0.39, 0.29) is 0 Å². The lowest BCUT2D eigenvalue weighted by atomic mass is 9.74. The zero-order valence-electron chi connectivity index (χ0n) is 12.8. The molecule has 110 valence electrons. The van der Waals surface area contributed by atoms with Crippen LogP contribution in [0.4, 0.5) is 5.69 Å². The number of hydrogen-bond acceptors (Lipinski definition) is 1. The van der Waals surface area contributed by atoms with Crippen molar-refractivity contribution >= 4 is 5.69 Å². The monoisotopic (exact) mass is 271 g/mol. The molecule has 1 fully saturated rings. The molecule has 1 heteroatoms. The maximum Gasteiger partial charge on any atom is 0.0379 e. The van der Waals surface area contributed by atoms with Gasteiger partial charge in [-0.25, -0.2) is 0 Å². The summed E-state index contributed by atoms with van der Waals surface area (Å²) in [5.41, 5.74) is 3.45. The van der Waals surface area contributed by atoms with Crippen molar-refractivity contribution in [3.63, 3.8) is 0 Å². The van der Waals surface area contributed by atoms with Crippen LogP contribution in [0, 0.1) is 0 Å². The van der Waals surface area contributed by atoms with Gasteiger partial charge in [0.1, 0.15) is 0 Å². The molecule has 1 spiro atoms. The van der Waals surface area contributed by atoms with Gasteiger partial charge in [0.25, 0.3) is 0 Å². The topological polar surface area (TPSA) is 12.0 Å². The second-order valence-electron chi connectivity index (χ2n) is 6.86. The van der Waals surface area contributed by atoms with Gasteiger partial charge in [0.15, 0.2) is 0 Å². The van der Waals surface area contributed by atoms with E-state index in [9.17, 15) is 0 Å². The maximum absolute atomic E-state index is 3.67. The van der Waals surface area contributed by atoms with E-state index >= 15 is 0 Å². The number of nitrogens with one attached hydrogen (secondary N) is 1. The smallest absolute Gasteiger partial charge is 0.0379 e. The van der Waals surface area contributed by atoms with Crippen LogP contribution in [0.3, 0.4) is 0 Å². The van der Waals surface area contributed by atoms with Gasteiger partial charge < -0.3 is 5.32 Å². The second kappa shape index (κ2) is 6.65. The third-order valence-electron chi connectivity index (χ3n) is 5.43. The summed E-state index contributed by atoms with van der Waals surface area (Å²) in [5.74, 6) is 0. The summed E-state index contributed by atoms with van der Waals surface area (Å²) in [6, 6.07) is 9.03. The lowest BCUT2D eigenvalue weighted by Crippen LogP contribution is -2.28. The Morgan fingerprint density at radius 3 is 1.90 bits per heavy atom. The first-order chi connectivity index (χ1) is 9.91. The highest BCUT2D eigenvalue weighted by atomic mass is 14.9. The van der Waals surface area contributed by atoms with Crippen molar-refractivity contribution in [2.75, 3.05) is 11.9 Å². The van der Waals surface area contributed by atoms with E-state index in [0.29, 0.717) is 5.41 Å². The van der Waals surface area contributed by atoms with E-state index < -0.39 is 0 Å². The minimum absolute atomic E-state index is 0.440. The molecule has 0 radical (unpaired) electrons. The largest absolute Gasteiger partial charge is 0.384 e. The number of hydrogen-bond donors (Lipinski definition) is 1. The minimum atomic E-state index is 0.440. The molecular formula is C19H29N. The van der Waals surface area contributed by atoms with Crippen molar-refractivity contribution < 1.29 is 0 Å². The molecule has 1 saturated carbocycles. The van der Waals surface area contributed by atoms with Crippen molar-refractivity contribution in [1.82, 2.24) is 0 Å². The Morgan fingerprint density at radius 2 is 1.25 bits per heavy atom. The maximum atomic E-state index is 3.67. The molecule has 1 heterocycles. The van der Waals surface area contributed by atoms with Gasteiger partial charge in [-0.3, -0.25) is 0 Å². The van der Waals surface area contributed by atoms with Crippen molar-refractivity contribution in [1.29, 1.82) is 0 Å². The zero-order valence-corrected chi connectivity index (χ0v) is 12.8. The lowest BCUT2D eigenvalue weighted by molar-refractivity contribution is 0.356. The first kappa shape index (κ1) is 14.0. The van der Waals surface area contributed by atoms with Crippen LogP contribution in [0.25, 0.3) is 0 Å². The van der Waals surface area contributed by atoms with Crippen LogP contribution in [-0.4, -0.2) is 6.54 Å². The molecule has 0 amide bonds. The van der Waals surface area contributed by atoms with Crippen LogP contribution in [0.2, 0.25) is 0 Å². The summed E-state index contributed by atoms with van der Waals surface area (Å²) < 4.78 is 0. The Labute approximate surface area is 124 Å². The van der Waals surface area contributed by atoms with E-state index in [1.807, 2.05) is 0 Å². The average Bonchev–Trinajstić information content (AvgIpc) is 2.83. The number of rotatable bonds is 0. The summed E-state index contributed by atoms with van der Waals surface area (Å²) in [6.07, 6.45) is 15.8. The van der Waals surface area contributed by atoms with Crippen LogP contribution in [0.5, 0.6) is 0 Å². The molecule has 2 aliphatic rings. The van der Waals surface area contributed by atoms with Gasteiger partial charge in [-0.1, -0.05) is 76.0 Å². The molecule has 1 aliphatic heterocycles. The Bertz CT molecular complexity index is 412. The fourth-order valence-electron chi connectivity index (χ4n) is 4.19. The Balaban J connectivity index is 1.74. The van der Waals surface area contributed by atoms with Crippen LogP contribution in [-0.2, 0) is 5.41 Å². The quantitative estimate of drug-likeness (QED) is 0.642. The standard InChI is InChI=1S/C19H29N/c1-2-4-6-10-14-19(15-11-7-5-3-1)16-20-18-13-9-8-12-17(18)19/h8-9,12-13,20H,1-7,10-11,14-16H2. The highest BCUT2D eigenvalue weighted by Gasteiger charge is 2.37. The second-order valence-corrected chi connectivity index (χ2v) is 6.86. The van der Waals surface area contributed by atoms with E-state index in [1.54, 1.807) is 5.56 Å². The van der Waals surface area contributed by atoms with E-state index in [4.69, 9.17) is 0 Å². The molecule has 0 unspecified atom stereocenters. The first-order valence-corrected chi connectivity index (χ1v) is 8.74. The van der Waals surface area contributed by atoms with Gasteiger partial charge in [-0.15, -0.1) is 0 Å². The molecule has 20 heavy (non-hydrogen) atoms. The molecular weight excluding hydrogens is 242 g/mol. The van der Waals surface area contributed by atoms with Crippen molar-refractivity contribution in [2.24, 2.45) is 0 Å². The third-order valence-corrected chi connectivity index (χ3v) is 5.43. The Kier molecular flexibility index (Phi) is 4.65. The predicted octanol–water partition coefficient (Wildman–Crippen LogP) is 5.65. The molecule has 1 aromatic rings. The van der Waals surface area contributed by atoms with Gasteiger partial charge in [0.05, 0.1) is 0 Å². The van der Waals surface area contributed by atoms with E-state index in [1.165, 1.54) is 82.9 Å². The summed E-state index contributed by atoms with van der Waals surface area (Å²) >= 11 is 0. The van der Waals surface area contributed by atoms with E-state index in [2.05, 4.69) is 29.6 Å². The number of benzene rings is 1. The fraction of sp³-hybridized carbons (Fsp3) is 0.684. The van der Waals surface area contributed by atoms with E-state index in [0.717, 1.165) is 0 Å². The number of fused-ring (bicyclic) bond motifs is 2. The number of para-hydroxylation sites is 1. The van der Waals surface area contributed by atoms with Crippen molar-refractivity contribution in [3.8, 4) is 0 Å². The molecule has 1 aromatic carbocycles. The summed E-state index contributed by atoms with van der Waals surface area (Å²) in [5, 5.41) is 3.67. The molecule has 1 N–H and O–H groups in total. The van der Waals surface area contributed by atoms with Crippen LogP contribution in [0.1, 0.15) is 76.2 Å². The highest BCUT2D eigenvalue weighted by Crippen LogP contribution is 2.44. The lowest BCUT2D eigenvalue weighted by Gasteiger charge is -2.30. The minimum Gasteiger partial charge on any atom is -0.384 e. The molecule has 0 atom stereocenters. The van der Waals surface area contributed by atoms with Gasteiger partial charge >= 0.3 is 0 Å². The van der Waals surface area contributed by atoms with Gasteiger partial charge in [0, 0.05) is 17.6 Å². The van der Waals surface area contributed by atoms with Gasteiger partial charge in [0.2, 0.25) is 0 Å². The average molecular weight is 271 g/mol. The van der Waals surface area contributed by atoms with Crippen molar-refractivity contribution in [3.05, 3.63) is 29.8 Å². The highest BCUT2D eigenvalue weighted by molar-refractivity contribution is 5.60. The number of anilines is 1. The van der Waals surface area contributed by atoms with Crippen LogP contribution in [0.15, 0.2) is 24.3 Å². The zero-order chi connectivity index (χ0) is 13.7. The van der Waals surface area contributed by atoms with Gasteiger partial charge in [-0.05, 0) is 24.5 Å². The normalized spacial score (nSPS) is 23.4. The molecule has 0 bridgehead atoms. The summed E-state index contributed by atoms with van der Waals surface area (Å²) in [4.78, 5) is 0. The summed E-state index contributed by atoms with van der Waals surface area (Å²) in [7, 11) is 0. The molecule has 1 aliphatic carbocycles. The SMILES string of the molecule is c1ccc2c(c1)NCC21CCCCCCCCCCC1. The van der Waals surface area contributed by atoms with Crippen LogP contribution < -0.4 is 5.32 Å². The fourth-order valence-corrected chi connectivity index (χ4v) is 4.19. The molecule has 0 aromatic heterocycles. The predicted molar refractivity (Wildman–Crippen MR) is 87.4 cm³/mol. The Hall–Kier alpha value is -0.980. The van der Waals surface area contributed by atoms with Gasteiger partial charge in [-0.2, -0.15) is 0 Å². The molecule has 3 rings (SSSR count). The molecule has 0 saturated heterocycles. The third kappa shape index (κ3) is 3.02. The summed E-state index contributed by atoms with van der Waals surface area (Å²) in [6.45, 7) is 1.17. The van der Waals surface area contributed by atoms with Crippen molar-refractivity contribution in [2.45, 2.75) is 76.0 Å².